The zero-order chi connectivity index (χ0) is 21.2. The Morgan fingerprint density at radius 3 is 1.93 bits per heavy atom. The van der Waals surface area contributed by atoms with E-state index >= 15 is 0 Å². The van der Waals surface area contributed by atoms with Gasteiger partial charge in [0.15, 0.2) is 0 Å². The minimum Gasteiger partial charge on any atom is -0.492 e. The molecule has 0 aliphatic heterocycles. The monoisotopic (exact) mass is 421 g/mol. The standard InChI is InChI=1S/C26H28ClNO2/c1-2-28(17-19-29)18-20-30-24-15-13-22(14-16-24)25(21-9-5-3-6-10-21)26(27)23-11-7-4-8-12-23/h3-16,29H,2,17-20H2,1H3/b26-25+. The molecule has 0 atom stereocenters. The van der Waals surface area contributed by atoms with E-state index in [1.807, 2.05) is 72.8 Å². The minimum atomic E-state index is 0.166. The topological polar surface area (TPSA) is 32.7 Å². The highest BCUT2D eigenvalue weighted by Gasteiger charge is 2.12. The van der Waals surface area contributed by atoms with E-state index in [0.29, 0.717) is 13.2 Å². The highest BCUT2D eigenvalue weighted by atomic mass is 35.5. The maximum atomic E-state index is 9.09. The Kier molecular flexibility index (Phi) is 8.52. The number of halogens is 1. The van der Waals surface area contributed by atoms with E-state index in [9.17, 15) is 0 Å². The molecule has 0 unspecified atom stereocenters. The lowest BCUT2D eigenvalue weighted by atomic mass is 9.95. The summed E-state index contributed by atoms with van der Waals surface area (Å²) >= 11 is 6.87. The van der Waals surface area contributed by atoms with Gasteiger partial charge < -0.3 is 9.84 Å². The molecule has 3 nitrogen and oxygen atoms in total. The van der Waals surface area contributed by atoms with E-state index in [1.165, 1.54) is 0 Å². The molecule has 0 aliphatic carbocycles. The molecule has 0 bridgehead atoms. The van der Waals surface area contributed by atoms with E-state index in [1.54, 1.807) is 0 Å². The summed E-state index contributed by atoms with van der Waals surface area (Å²) in [4.78, 5) is 2.16. The maximum Gasteiger partial charge on any atom is 0.119 e. The zero-order valence-electron chi connectivity index (χ0n) is 17.3. The second-order valence-corrected chi connectivity index (χ2v) is 7.33. The van der Waals surface area contributed by atoms with Crippen LogP contribution < -0.4 is 4.74 Å². The Bertz CT molecular complexity index is 924. The predicted octanol–water partition coefficient (Wildman–Crippen LogP) is 5.54. The van der Waals surface area contributed by atoms with Crippen molar-refractivity contribution < 1.29 is 9.84 Å². The van der Waals surface area contributed by atoms with Crippen LogP contribution in [0.4, 0.5) is 0 Å². The lowest BCUT2D eigenvalue weighted by molar-refractivity contribution is 0.174. The number of likely N-dealkylation sites (N-methyl/N-ethyl adjacent to an activating group) is 1. The van der Waals surface area contributed by atoms with Crippen LogP contribution in [0, 0.1) is 0 Å². The van der Waals surface area contributed by atoms with Crippen molar-refractivity contribution in [3.8, 4) is 5.75 Å². The lowest BCUT2D eigenvalue weighted by Crippen LogP contribution is -2.30. The first-order valence-corrected chi connectivity index (χ1v) is 10.7. The third-order valence-electron chi connectivity index (χ3n) is 4.99. The quantitative estimate of drug-likeness (QED) is 0.436. The van der Waals surface area contributed by atoms with Gasteiger partial charge in [0.25, 0.3) is 0 Å². The summed E-state index contributed by atoms with van der Waals surface area (Å²) in [5, 5.41) is 9.81. The van der Waals surface area contributed by atoms with E-state index in [-0.39, 0.29) is 6.61 Å². The Morgan fingerprint density at radius 2 is 1.37 bits per heavy atom. The fourth-order valence-electron chi connectivity index (χ4n) is 3.33. The molecule has 3 aromatic rings. The van der Waals surface area contributed by atoms with Crippen molar-refractivity contribution in [2.45, 2.75) is 6.92 Å². The van der Waals surface area contributed by atoms with Crippen molar-refractivity contribution in [2.75, 3.05) is 32.8 Å². The summed E-state index contributed by atoms with van der Waals surface area (Å²) in [6.07, 6.45) is 0. The van der Waals surface area contributed by atoms with Gasteiger partial charge >= 0.3 is 0 Å². The average Bonchev–Trinajstić information content (AvgIpc) is 2.81. The summed E-state index contributed by atoms with van der Waals surface area (Å²) in [5.41, 5.74) is 4.09. The van der Waals surface area contributed by atoms with Gasteiger partial charge in [0.2, 0.25) is 0 Å². The van der Waals surface area contributed by atoms with Crippen LogP contribution in [0.15, 0.2) is 84.9 Å². The molecule has 4 heteroatoms. The number of aliphatic hydroxyl groups excluding tert-OH is 1. The van der Waals surface area contributed by atoms with Crippen molar-refractivity contribution in [3.05, 3.63) is 102 Å². The average molecular weight is 422 g/mol. The third-order valence-corrected chi connectivity index (χ3v) is 5.40. The fourth-order valence-corrected chi connectivity index (χ4v) is 3.68. The molecule has 3 aromatic carbocycles. The molecule has 0 saturated heterocycles. The first-order valence-electron chi connectivity index (χ1n) is 10.3. The predicted molar refractivity (Wildman–Crippen MR) is 126 cm³/mol. The number of hydrogen-bond donors (Lipinski definition) is 1. The molecule has 0 saturated carbocycles. The minimum absolute atomic E-state index is 0.166. The number of benzene rings is 3. The summed E-state index contributed by atoms with van der Waals surface area (Å²) in [5.74, 6) is 0.821. The second-order valence-electron chi connectivity index (χ2n) is 6.95. The molecule has 0 amide bonds. The SMILES string of the molecule is CCN(CCO)CCOc1ccc(/C(=C(/Cl)c2ccccc2)c2ccccc2)cc1. The van der Waals surface area contributed by atoms with Crippen LogP contribution in [0.5, 0.6) is 5.75 Å². The molecule has 0 aromatic heterocycles. The highest BCUT2D eigenvalue weighted by Crippen LogP contribution is 2.35. The van der Waals surface area contributed by atoms with Crippen LogP contribution in [0.3, 0.4) is 0 Å². The van der Waals surface area contributed by atoms with Crippen molar-refractivity contribution in [3.63, 3.8) is 0 Å². The van der Waals surface area contributed by atoms with Crippen LogP contribution in [0.25, 0.3) is 10.6 Å². The third kappa shape index (κ3) is 5.96. The van der Waals surface area contributed by atoms with Crippen LogP contribution in [-0.2, 0) is 0 Å². The maximum absolute atomic E-state index is 9.09. The van der Waals surface area contributed by atoms with Crippen molar-refractivity contribution in [1.82, 2.24) is 4.90 Å². The van der Waals surface area contributed by atoms with Gasteiger partial charge in [0.1, 0.15) is 12.4 Å². The van der Waals surface area contributed by atoms with Gasteiger partial charge in [-0.15, -0.1) is 0 Å². The molecule has 156 valence electrons. The van der Waals surface area contributed by atoms with Gasteiger partial charge in [0.05, 0.1) is 11.6 Å². The van der Waals surface area contributed by atoms with Crippen LogP contribution in [0.1, 0.15) is 23.6 Å². The molecule has 0 spiro atoms. The van der Waals surface area contributed by atoms with Gasteiger partial charge in [-0.1, -0.05) is 91.3 Å². The Labute approximate surface area is 184 Å². The van der Waals surface area contributed by atoms with Gasteiger partial charge in [-0.3, -0.25) is 4.90 Å². The largest absolute Gasteiger partial charge is 0.492 e. The van der Waals surface area contributed by atoms with Crippen molar-refractivity contribution in [2.24, 2.45) is 0 Å². The summed E-state index contributed by atoms with van der Waals surface area (Å²) in [7, 11) is 0. The van der Waals surface area contributed by atoms with Gasteiger partial charge in [-0.2, -0.15) is 0 Å². The first kappa shape index (κ1) is 22.1. The number of rotatable bonds is 10. The van der Waals surface area contributed by atoms with Crippen LogP contribution >= 0.6 is 11.6 Å². The Morgan fingerprint density at radius 1 is 0.800 bits per heavy atom. The molecule has 1 N–H and O–H groups in total. The molecule has 0 heterocycles. The van der Waals surface area contributed by atoms with E-state index in [0.717, 1.165) is 46.1 Å². The smallest absolute Gasteiger partial charge is 0.119 e. The number of aliphatic hydroxyl groups is 1. The van der Waals surface area contributed by atoms with E-state index in [2.05, 4.69) is 24.0 Å². The fraction of sp³-hybridized carbons (Fsp3) is 0.231. The molecule has 0 fully saturated rings. The van der Waals surface area contributed by atoms with Crippen molar-refractivity contribution in [1.29, 1.82) is 0 Å². The van der Waals surface area contributed by atoms with E-state index < -0.39 is 0 Å². The van der Waals surface area contributed by atoms with Gasteiger partial charge in [0, 0.05) is 18.7 Å². The van der Waals surface area contributed by atoms with Crippen molar-refractivity contribution >= 4 is 22.2 Å². The Hall–Kier alpha value is -2.59. The Balaban J connectivity index is 1.82. The van der Waals surface area contributed by atoms with E-state index in [4.69, 9.17) is 21.4 Å². The highest BCUT2D eigenvalue weighted by molar-refractivity contribution is 6.53. The normalized spacial score (nSPS) is 12.0. The summed E-state index contributed by atoms with van der Waals surface area (Å²) < 4.78 is 5.90. The number of nitrogens with zero attached hydrogens (tertiary/aromatic N) is 1. The number of ether oxygens (including phenoxy) is 1. The summed E-state index contributed by atoms with van der Waals surface area (Å²) in [6, 6.07) is 28.3. The van der Waals surface area contributed by atoms with Crippen LogP contribution in [-0.4, -0.2) is 42.9 Å². The zero-order valence-corrected chi connectivity index (χ0v) is 18.1. The second kappa shape index (κ2) is 11.6. The first-order chi connectivity index (χ1) is 14.7. The van der Waals surface area contributed by atoms with Crippen LogP contribution in [0.2, 0.25) is 0 Å². The number of hydrogen-bond acceptors (Lipinski definition) is 3. The molecule has 0 radical (unpaired) electrons. The molecular formula is C26H28ClNO2. The molecular weight excluding hydrogens is 394 g/mol. The molecule has 3 rings (SSSR count). The lowest BCUT2D eigenvalue weighted by Gasteiger charge is -2.19. The molecule has 30 heavy (non-hydrogen) atoms. The summed E-state index contributed by atoms with van der Waals surface area (Å²) in [6.45, 7) is 5.18. The molecule has 0 aliphatic rings. The van der Waals surface area contributed by atoms with Gasteiger partial charge in [-0.05, 0) is 35.4 Å². The van der Waals surface area contributed by atoms with Gasteiger partial charge in [-0.25, -0.2) is 0 Å².